The average Bonchev–Trinajstić information content (AvgIpc) is 2.11. The van der Waals surface area contributed by atoms with Crippen molar-refractivity contribution in [1.29, 1.82) is 0 Å². The lowest BCUT2D eigenvalue weighted by atomic mass is 10.3. The molecule has 0 bridgehead atoms. The van der Waals surface area contributed by atoms with E-state index >= 15 is 0 Å². The quantitative estimate of drug-likeness (QED) is 0.680. The molecule has 0 aliphatic heterocycles. The first-order chi connectivity index (χ1) is 7.62. The molecule has 0 saturated heterocycles. The van der Waals surface area contributed by atoms with E-state index in [9.17, 15) is 22.0 Å². The van der Waals surface area contributed by atoms with E-state index in [1.807, 2.05) is 0 Å². The van der Waals surface area contributed by atoms with Crippen LogP contribution in [0.1, 0.15) is 0 Å². The minimum Gasteiger partial charge on any atom is -0.471 e. The average molecular weight is 278 g/mol. The smallest absolute Gasteiger partial charge is 0.456 e. The highest BCUT2D eigenvalue weighted by Gasteiger charge is 2.58. The molecule has 96 valence electrons. The second kappa shape index (κ2) is 4.47. The fraction of sp³-hybridized carbons (Fsp3) is 0.429. The van der Waals surface area contributed by atoms with Crippen molar-refractivity contribution in [3.8, 4) is 5.88 Å². The Kier molecular flexibility index (Phi) is 3.60. The maximum absolute atomic E-state index is 12.5. The second-order valence-electron chi connectivity index (χ2n) is 2.88. The summed E-state index contributed by atoms with van der Waals surface area (Å²) in [7, 11) is 0. The second-order valence-corrected chi connectivity index (χ2v) is 3.27. The molecule has 0 saturated carbocycles. The molecule has 0 aliphatic carbocycles. The molecular formula is C7H5ClF5N3O. The highest BCUT2D eigenvalue weighted by molar-refractivity contribution is 6.29. The van der Waals surface area contributed by atoms with E-state index in [2.05, 4.69) is 14.7 Å². The van der Waals surface area contributed by atoms with Gasteiger partial charge in [-0.25, -0.2) is 4.98 Å². The number of alkyl halides is 5. The van der Waals surface area contributed by atoms with Crippen molar-refractivity contribution in [3.63, 3.8) is 0 Å². The summed E-state index contributed by atoms with van der Waals surface area (Å²) in [5.41, 5.74) is 5.09. The first kappa shape index (κ1) is 13.7. The Morgan fingerprint density at radius 3 is 2.29 bits per heavy atom. The van der Waals surface area contributed by atoms with Gasteiger partial charge in [-0.2, -0.15) is 26.9 Å². The van der Waals surface area contributed by atoms with E-state index in [1.54, 1.807) is 0 Å². The number of nitrogen functional groups attached to an aromatic ring is 1. The Labute approximate surface area is 96.5 Å². The molecule has 0 atom stereocenters. The zero-order chi connectivity index (χ0) is 13.3. The van der Waals surface area contributed by atoms with Crippen molar-refractivity contribution in [3.05, 3.63) is 11.2 Å². The van der Waals surface area contributed by atoms with Gasteiger partial charge in [0.1, 0.15) is 5.15 Å². The van der Waals surface area contributed by atoms with E-state index in [-0.39, 0.29) is 5.15 Å². The number of nitrogens with zero attached hydrogens (tertiary/aromatic N) is 2. The van der Waals surface area contributed by atoms with Crippen molar-refractivity contribution in [2.24, 2.45) is 0 Å². The van der Waals surface area contributed by atoms with Gasteiger partial charge in [0, 0.05) is 6.07 Å². The fourth-order valence-corrected chi connectivity index (χ4v) is 0.914. The molecule has 10 heteroatoms. The van der Waals surface area contributed by atoms with Crippen LogP contribution in [-0.2, 0) is 0 Å². The minimum atomic E-state index is -5.70. The monoisotopic (exact) mass is 277 g/mol. The van der Waals surface area contributed by atoms with Gasteiger partial charge < -0.3 is 10.5 Å². The molecule has 1 aromatic heterocycles. The van der Waals surface area contributed by atoms with Crippen LogP contribution in [-0.4, -0.2) is 28.7 Å². The number of rotatable bonds is 3. The molecule has 17 heavy (non-hydrogen) atoms. The van der Waals surface area contributed by atoms with Crippen LogP contribution in [0, 0.1) is 0 Å². The summed E-state index contributed by atoms with van der Waals surface area (Å²) in [6, 6.07) is 0.865. The Balaban J connectivity index is 2.74. The Morgan fingerprint density at radius 1 is 1.24 bits per heavy atom. The minimum absolute atomic E-state index is 0.233. The van der Waals surface area contributed by atoms with Crippen LogP contribution in [0.15, 0.2) is 6.07 Å². The maximum Gasteiger partial charge on any atom is 0.456 e. The van der Waals surface area contributed by atoms with Gasteiger partial charge in [-0.05, 0) is 0 Å². The van der Waals surface area contributed by atoms with Crippen molar-refractivity contribution >= 4 is 17.5 Å². The summed E-state index contributed by atoms with van der Waals surface area (Å²) in [5, 5.41) is -0.233. The third-order valence-corrected chi connectivity index (χ3v) is 1.70. The SMILES string of the molecule is Nc1nc(Cl)cc(OCC(F)(F)C(F)(F)F)n1. The van der Waals surface area contributed by atoms with Gasteiger partial charge in [-0.1, -0.05) is 11.6 Å². The summed E-state index contributed by atoms with van der Waals surface area (Å²) < 4.78 is 64.4. The van der Waals surface area contributed by atoms with Crippen molar-refractivity contribution in [2.45, 2.75) is 12.1 Å². The number of hydrogen-bond acceptors (Lipinski definition) is 4. The van der Waals surface area contributed by atoms with Gasteiger partial charge in [0.05, 0.1) is 0 Å². The Morgan fingerprint density at radius 2 is 1.82 bits per heavy atom. The van der Waals surface area contributed by atoms with E-state index in [0.29, 0.717) is 0 Å². The van der Waals surface area contributed by atoms with Gasteiger partial charge in [0.2, 0.25) is 11.8 Å². The molecule has 0 radical (unpaired) electrons. The lowest BCUT2D eigenvalue weighted by molar-refractivity contribution is -0.290. The molecule has 2 N–H and O–H groups in total. The predicted octanol–water partition coefficient (Wildman–Crippen LogP) is 2.29. The summed E-state index contributed by atoms with van der Waals surface area (Å²) in [6.45, 7) is -1.91. The van der Waals surface area contributed by atoms with Crippen LogP contribution < -0.4 is 10.5 Å². The van der Waals surface area contributed by atoms with E-state index < -0.39 is 30.5 Å². The maximum atomic E-state index is 12.5. The summed E-state index contributed by atoms with van der Waals surface area (Å²) in [6.07, 6.45) is -5.70. The molecule has 1 rings (SSSR count). The number of aromatic nitrogens is 2. The molecule has 0 aromatic carbocycles. The van der Waals surface area contributed by atoms with Gasteiger partial charge in [0.15, 0.2) is 6.61 Å². The molecule has 1 aromatic rings. The molecular weight excluding hydrogens is 273 g/mol. The Bertz CT molecular complexity index is 391. The highest BCUT2D eigenvalue weighted by atomic mass is 35.5. The first-order valence-corrected chi connectivity index (χ1v) is 4.37. The van der Waals surface area contributed by atoms with Crippen LogP contribution in [0.25, 0.3) is 0 Å². The van der Waals surface area contributed by atoms with Gasteiger partial charge in [0.25, 0.3) is 0 Å². The highest BCUT2D eigenvalue weighted by Crippen LogP contribution is 2.35. The standard InChI is InChI=1S/C7H5ClF5N3O/c8-3-1-4(16-5(14)15-3)17-2-6(9,10)7(11,12)13/h1H,2H2,(H2,14,15,16). The summed E-state index contributed by atoms with van der Waals surface area (Å²) >= 11 is 5.37. The van der Waals surface area contributed by atoms with Crippen LogP contribution in [0.2, 0.25) is 5.15 Å². The molecule has 4 nitrogen and oxygen atoms in total. The van der Waals surface area contributed by atoms with Gasteiger partial charge in [-0.15, -0.1) is 0 Å². The molecule has 1 heterocycles. The topological polar surface area (TPSA) is 61.0 Å². The number of halogens is 6. The number of nitrogens with two attached hydrogens (primary N) is 1. The van der Waals surface area contributed by atoms with E-state index in [4.69, 9.17) is 17.3 Å². The third-order valence-electron chi connectivity index (χ3n) is 1.50. The lowest BCUT2D eigenvalue weighted by Gasteiger charge is -2.19. The fourth-order valence-electron chi connectivity index (χ4n) is 0.734. The van der Waals surface area contributed by atoms with Crippen LogP contribution in [0.3, 0.4) is 0 Å². The summed E-state index contributed by atoms with van der Waals surface area (Å²) in [4.78, 5) is 6.65. The van der Waals surface area contributed by atoms with Gasteiger partial charge >= 0.3 is 12.1 Å². The number of anilines is 1. The number of hydrogen-bond donors (Lipinski definition) is 1. The molecule has 0 aliphatic rings. The Hall–Kier alpha value is -1.38. The summed E-state index contributed by atoms with van der Waals surface area (Å²) in [5.74, 6) is -5.95. The molecule has 0 spiro atoms. The molecule has 0 fully saturated rings. The normalized spacial score (nSPS) is 12.6. The number of ether oxygens (including phenoxy) is 1. The predicted molar refractivity (Wildman–Crippen MR) is 48.0 cm³/mol. The van der Waals surface area contributed by atoms with Gasteiger partial charge in [-0.3, -0.25) is 0 Å². The van der Waals surface area contributed by atoms with E-state index in [0.717, 1.165) is 6.07 Å². The van der Waals surface area contributed by atoms with Crippen molar-refractivity contribution < 1.29 is 26.7 Å². The largest absolute Gasteiger partial charge is 0.471 e. The van der Waals surface area contributed by atoms with Crippen LogP contribution in [0.5, 0.6) is 5.88 Å². The van der Waals surface area contributed by atoms with Crippen molar-refractivity contribution in [2.75, 3.05) is 12.3 Å². The molecule has 0 unspecified atom stereocenters. The first-order valence-electron chi connectivity index (χ1n) is 3.99. The lowest BCUT2D eigenvalue weighted by Crippen LogP contribution is -2.41. The van der Waals surface area contributed by atoms with Crippen LogP contribution in [0.4, 0.5) is 27.9 Å². The zero-order valence-corrected chi connectivity index (χ0v) is 8.69. The van der Waals surface area contributed by atoms with E-state index in [1.165, 1.54) is 0 Å². The molecule has 0 amide bonds. The third kappa shape index (κ3) is 3.55. The van der Waals surface area contributed by atoms with Crippen molar-refractivity contribution in [1.82, 2.24) is 9.97 Å². The van der Waals surface area contributed by atoms with Crippen LogP contribution >= 0.6 is 11.6 Å². The zero-order valence-electron chi connectivity index (χ0n) is 7.93.